The summed E-state index contributed by atoms with van der Waals surface area (Å²) >= 11 is 1.45. The van der Waals surface area contributed by atoms with Gasteiger partial charge in [0.1, 0.15) is 24.2 Å². The number of nitrogens with zero attached hydrogens (tertiary/aromatic N) is 1. The molecule has 1 aliphatic rings. The van der Waals surface area contributed by atoms with E-state index < -0.39 is 61.1 Å². The highest BCUT2D eigenvalue weighted by Gasteiger charge is 2.38. The average molecular weight is 420 g/mol. The number of aliphatic carboxylic acids is 1. The van der Waals surface area contributed by atoms with E-state index in [1.807, 2.05) is 6.26 Å². The van der Waals surface area contributed by atoms with Crippen molar-refractivity contribution < 1.29 is 34.5 Å². The average Bonchev–Trinajstić information content (AvgIpc) is 3.17. The van der Waals surface area contributed by atoms with Gasteiger partial charge < -0.3 is 36.6 Å². The van der Waals surface area contributed by atoms with Crippen LogP contribution in [-0.2, 0) is 19.2 Å². The third-order valence-electron chi connectivity index (χ3n) is 4.39. The zero-order valence-corrected chi connectivity index (χ0v) is 16.5. The largest absolute Gasteiger partial charge is 0.480 e. The first-order valence-corrected chi connectivity index (χ1v) is 10.3. The van der Waals surface area contributed by atoms with Crippen molar-refractivity contribution >= 4 is 35.5 Å². The Hall–Kier alpha value is -1.89. The molecular weight excluding hydrogens is 392 g/mol. The van der Waals surface area contributed by atoms with Crippen molar-refractivity contribution in [1.29, 1.82) is 0 Å². The zero-order chi connectivity index (χ0) is 21.3. The summed E-state index contributed by atoms with van der Waals surface area (Å²) in [7, 11) is 0. The molecule has 11 nitrogen and oxygen atoms in total. The lowest BCUT2D eigenvalue weighted by molar-refractivity contribution is -0.145. The number of carboxylic acid groups (broad SMARTS) is 1. The number of likely N-dealkylation sites (tertiary alicyclic amines) is 1. The molecule has 28 heavy (non-hydrogen) atoms. The van der Waals surface area contributed by atoms with E-state index in [1.54, 1.807) is 0 Å². The van der Waals surface area contributed by atoms with Crippen LogP contribution in [0.25, 0.3) is 0 Å². The van der Waals surface area contributed by atoms with E-state index in [0.29, 0.717) is 18.6 Å². The molecule has 0 bridgehead atoms. The summed E-state index contributed by atoms with van der Waals surface area (Å²) in [5.74, 6) is -2.67. The molecule has 3 amide bonds. The fourth-order valence-corrected chi connectivity index (χ4v) is 3.28. The van der Waals surface area contributed by atoms with E-state index in [2.05, 4.69) is 10.6 Å². The van der Waals surface area contributed by atoms with Gasteiger partial charge in [0.25, 0.3) is 0 Å². The van der Waals surface area contributed by atoms with Crippen LogP contribution in [0.1, 0.15) is 19.3 Å². The predicted octanol–water partition coefficient (Wildman–Crippen LogP) is -2.90. The summed E-state index contributed by atoms with van der Waals surface area (Å²) < 4.78 is 0. The van der Waals surface area contributed by atoms with Crippen LogP contribution < -0.4 is 16.4 Å². The number of amides is 3. The number of rotatable bonds is 11. The highest BCUT2D eigenvalue weighted by atomic mass is 32.2. The molecule has 1 heterocycles. The molecule has 7 N–H and O–H groups in total. The zero-order valence-electron chi connectivity index (χ0n) is 15.7. The van der Waals surface area contributed by atoms with Crippen molar-refractivity contribution in [3.05, 3.63) is 0 Å². The Balaban J connectivity index is 2.80. The number of nitrogens with one attached hydrogen (secondary N) is 2. The lowest BCUT2D eigenvalue weighted by Crippen LogP contribution is -2.58. The second-order valence-electron chi connectivity index (χ2n) is 6.40. The number of aliphatic hydroxyl groups is 2. The molecule has 0 aromatic carbocycles. The van der Waals surface area contributed by atoms with E-state index in [9.17, 15) is 29.4 Å². The number of carbonyl (C=O) groups excluding carboxylic acids is 3. The van der Waals surface area contributed by atoms with E-state index >= 15 is 0 Å². The molecule has 0 aromatic rings. The molecule has 0 aliphatic carbocycles. The second kappa shape index (κ2) is 11.8. The SMILES string of the molecule is CSCCC(NC(=O)C1CCCN1C(=O)C(CO)NC(=O)C(N)CO)C(=O)O. The number of thioether (sulfide) groups is 1. The fraction of sp³-hybridized carbons (Fsp3) is 0.750. The van der Waals surface area contributed by atoms with Crippen molar-refractivity contribution in [2.75, 3.05) is 31.8 Å². The predicted molar refractivity (Wildman–Crippen MR) is 101 cm³/mol. The minimum Gasteiger partial charge on any atom is -0.480 e. The van der Waals surface area contributed by atoms with Crippen LogP contribution in [0.5, 0.6) is 0 Å². The highest BCUT2D eigenvalue weighted by Crippen LogP contribution is 2.19. The van der Waals surface area contributed by atoms with Gasteiger partial charge in [-0.1, -0.05) is 0 Å². The van der Waals surface area contributed by atoms with Gasteiger partial charge >= 0.3 is 5.97 Å². The molecule has 1 saturated heterocycles. The third-order valence-corrected chi connectivity index (χ3v) is 5.04. The van der Waals surface area contributed by atoms with E-state index in [-0.39, 0.29) is 13.0 Å². The molecule has 1 rings (SSSR count). The van der Waals surface area contributed by atoms with Gasteiger partial charge in [-0.25, -0.2) is 4.79 Å². The quantitative estimate of drug-likeness (QED) is 0.204. The first kappa shape index (κ1) is 24.1. The molecule has 0 saturated carbocycles. The minimum absolute atomic E-state index is 0.234. The van der Waals surface area contributed by atoms with Crippen LogP contribution in [-0.4, -0.2) is 99.8 Å². The van der Waals surface area contributed by atoms with Gasteiger partial charge in [0.2, 0.25) is 17.7 Å². The Morgan fingerprint density at radius 2 is 1.86 bits per heavy atom. The summed E-state index contributed by atoms with van der Waals surface area (Å²) in [5.41, 5.74) is 5.38. The van der Waals surface area contributed by atoms with Crippen molar-refractivity contribution in [2.45, 2.75) is 43.4 Å². The normalized spacial score (nSPS) is 19.6. The summed E-state index contributed by atoms with van der Waals surface area (Å²) in [6.45, 7) is -1.10. The highest BCUT2D eigenvalue weighted by molar-refractivity contribution is 7.98. The smallest absolute Gasteiger partial charge is 0.326 e. The lowest BCUT2D eigenvalue weighted by Gasteiger charge is -2.29. The van der Waals surface area contributed by atoms with Gasteiger partial charge in [-0.2, -0.15) is 11.8 Å². The van der Waals surface area contributed by atoms with Crippen LogP contribution in [0.2, 0.25) is 0 Å². The molecule has 1 aliphatic heterocycles. The monoisotopic (exact) mass is 420 g/mol. The molecule has 0 radical (unpaired) electrons. The standard InChI is InChI=1S/C16H28N4O7S/c1-28-6-4-10(16(26)27)18-14(24)12-3-2-5-20(12)15(25)11(8-22)19-13(23)9(17)7-21/h9-12,21-22H,2-8,17H2,1H3,(H,18,24)(H,19,23)(H,26,27). The van der Waals surface area contributed by atoms with Crippen LogP contribution in [0.4, 0.5) is 0 Å². The molecule has 0 aromatic heterocycles. The van der Waals surface area contributed by atoms with Crippen molar-refractivity contribution in [3.8, 4) is 0 Å². The molecule has 0 spiro atoms. The van der Waals surface area contributed by atoms with E-state index in [1.165, 1.54) is 16.7 Å². The van der Waals surface area contributed by atoms with Crippen LogP contribution in [0.15, 0.2) is 0 Å². The number of nitrogens with two attached hydrogens (primary N) is 1. The number of carboxylic acids is 1. The Morgan fingerprint density at radius 3 is 2.39 bits per heavy atom. The lowest BCUT2D eigenvalue weighted by atomic mass is 10.1. The molecular formula is C16H28N4O7S. The Bertz CT molecular complexity index is 577. The summed E-state index contributed by atoms with van der Waals surface area (Å²) in [6, 6.07) is -4.51. The first-order chi connectivity index (χ1) is 13.3. The second-order valence-corrected chi connectivity index (χ2v) is 7.39. The Morgan fingerprint density at radius 1 is 1.18 bits per heavy atom. The third kappa shape index (κ3) is 6.62. The summed E-state index contributed by atoms with van der Waals surface area (Å²) in [4.78, 5) is 49.5. The van der Waals surface area contributed by atoms with Gasteiger partial charge in [-0.3, -0.25) is 14.4 Å². The van der Waals surface area contributed by atoms with Gasteiger partial charge in [0.05, 0.1) is 13.2 Å². The number of hydrogen-bond acceptors (Lipinski definition) is 8. The summed E-state index contributed by atoms with van der Waals surface area (Å²) in [5, 5.41) is 32.3. The van der Waals surface area contributed by atoms with Crippen molar-refractivity contribution in [2.24, 2.45) is 5.73 Å². The van der Waals surface area contributed by atoms with Crippen LogP contribution in [0.3, 0.4) is 0 Å². The topological polar surface area (TPSA) is 182 Å². The molecule has 4 unspecified atom stereocenters. The Labute approximate surface area is 167 Å². The first-order valence-electron chi connectivity index (χ1n) is 8.87. The maximum atomic E-state index is 12.7. The summed E-state index contributed by atoms with van der Waals surface area (Å²) in [6.07, 6.45) is 2.94. The Kier molecular flexibility index (Phi) is 10.2. The van der Waals surface area contributed by atoms with Crippen LogP contribution >= 0.6 is 11.8 Å². The molecule has 12 heteroatoms. The van der Waals surface area contributed by atoms with Gasteiger partial charge in [0, 0.05) is 6.54 Å². The van der Waals surface area contributed by atoms with Crippen molar-refractivity contribution in [3.63, 3.8) is 0 Å². The van der Waals surface area contributed by atoms with E-state index in [0.717, 1.165) is 0 Å². The fourth-order valence-electron chi connectivity index (χ4n) is 2.81. The van der Waals surface area contributed by atoms with Gasteiger partial charge in [0.15, 0.2) is 0 Å². The minimum atomic E-state index is -1.31. The number of hydrogen-bond donors (Lipinski definition) is 6. The van der Waals surface area contributed by atoms with Gasteiger partial charge in [-0.15, -0.1) is 0 Å². The number of aliphatic hydroxyl groups excluding tert-OH is 2. The number of carbonyl (C=O) groups is 4. The molecule has 160 valence electrons. The molecule has 4 atom stereocenters. The van der Waals surface area contributed by atoms with E-state index in [4.69, 9.17) is 10.8 Å². The van der Waals surface area contributed by atoms with Crippen LogP contribution in [0, 0.1) is 0 Å². The van der Waals surface area contributed by atoms with Crippen molar-refractivity contribution in [1.82, 2.24) is 15.5 Å². The maximum absolute atomic E-state index is 12.7. The molecule has 1 fully saturated rings. The maximum Gasteiger partial charge on any atom is 0.326 e. The van der Waals surface area contributed by atoms with Gasteiger partial charge in [-0.05, 0) is 31.3 Å².